The van der Waals surface area contributed by atoms with E-state index in [-0.39, 0.29) is 5.78 Å². The summed E-state index contributed by atoms with van der Waals surface area (Å²) in [7, 11) is -1.99. The molecule has 0 fully saturated rings. The Morgan fingerprint density at radius 2 is 1.40 bits per heavy atom. The van der Waals surface area contributed by atoms with Crippen LogP contribution in [0.25, 0.3) is 0 Å². The molecule has 0 aliphatic heterocycles. The van der Waals surface area contributed by atoms with E-state index in [1.165, 1.54) is 0 Å². The molecule has 2 aromatic rings. The van der Waals surface area contributed by atoms with E-state index in [9.17, 15) is 4.79 Å². The summed E-state index contributed by atoms with van der Waals surface area (Å²) in [5.41, 5.74) is 1.45. The van der Waals surface area contributed by atoms with Gasteiger partial charge >= 0.3 is 0 Å². The minimum atomic E-state index is -3.92. The van der Waals surface area contributed by atoms with E-state index in [4.69, 9.17) is 13.0 Å². The lowest BCUT2D eigenvalue weighted by molar-refractivity contribution is -0.671. The van der Waals surface area contributed by atoms with Gasteiger partial charge in [-0.25, -0.2) is 13.0 Å². The fraction of sp³-hybridized carbons (Fsp3) is 0.143. The maximum Gasteiger partial charge on any atom is 0.193 e. The molecule has 0 aliphatic carbocycles. The van der Waals surface area contributed by atoms with Crippen molar-refractivity contribution >= 4 is 15.9 Å². The van der Waals surface area contributed by atoms with Gasteiger partial charge in [-0.1, -0.05) is 30.3 Å². The zero-order valence-corrected chi connectivity index (χ0v) is 12.0. The summed E-state index contributed by atoms with van der Waals surface area (Å²) in [6, 6.07) is 13.0. The molecule has 0 atom stereocenters. The van der Waals surface area contributed by atoms with Gasteiger partial charge < -0.3 is 4.55 Å². The Kier molecular flexibility index (Phi) is 5.54. The molecule has 0 amide bonds. The summed E-state index contributed by atoms with van der Waals surface area (Å²) in [4.78, 5) is 11.9. The van der Waals surface area contributed by atoms with Crippen molar-refractivity contribution in [2.75, 3.05) is 6.26 Å². The monoisotopic (exact) mass is 293 g/mol. The van der Waals surface area contributed by atoms with Crippen LogP contribution in [0.15, 0.2) is 54.9 Å². The van der Waals surface area contributed by atoms with Gasteiger partial charge in [0.15, 0.2) is 18.2 Å². The molecule has 20 heavy (non-hydrogen) atoms. The molecule has 0 saturated carbocycles. The predicted molar refractivity (Wildman–Crippen MR) is 73.1 cm³/mol. The van der Waals surface area contributed by atoms with Crippen molar-refractivity contribution in [3.05, 3.63) is 66.0 Å². The molecule has 1 aromatic carbocycles. The standard InChI is InChI=1S/C13H12NO.CH4O3S/c1-14-9-7-12(8-10-14)13(15)11-5-3-2-4-6-11;1-5(2,3)4/h2-10H,1H3;1H3,(H,2,3,4)/q+1;/p-1. The van der Waals surface area contributed by atoms with E-state index < -0.39 is 10.1 Å². The van der Waals surface area contributed by atoms with Crippen LogP contribution in [0.1, 0.15) is 15.9 Å². The normalized spacial score (nSPS) is 10.3. The van der Waals surface area contributed by atoms with E-state index in [2.05, 4.69) is 0 Å². The van der Waals surface area contributed by atoms with Crippen LogP contribution >= 0.6 is 0 Å². The minimum absolute atomic E-state index is 0.0659. The number of pyridine rings is 1. The molecule has 0 aliphatic rings. The molecule has 5 nitrogen and oxygen atoms in total. The van der Waals surface area contributed by atoms with Crippen molar-refractivity contribution in [2.24, 2.45) is 7.05 Å². The second kappa shape index (κ2) is 6.93. The van der Waals surface area contributed by atoms with Crippen molar-refractivity contribution in [1.82, 2.24) is 0 Å². The molecule has 0 radical (unpaired) electrons. The molecule has 2 rings (SSSR count). The van der Waals surface area contributed by atoms with Crippen molar-refractivity contribution < 1.29 is 22.3 Å². The highest BCUT2D eigenvalue weighted by Gasteiger charge is 2.08. The molecule has 0 N–H and O–H groups in total. The Morgan fingerprint density at radius 1 is 1.00 bits per heavy atom. The Morgan fingerprint density at radius 3 is 1.85 bits per heavy atom. The summed E-state index contributed by atoms with van der Waals surface area (Å²) >= 11 is 0. The largest absolute Gasteiger partial charge is 0.748 e. The SMILES string of the molecule is CS(=O)(=O)[O-].C[n+]1ccc(C(=O)c2ccccc2)cc1. The number of aromatic nitrogens is 1. The van der Waals surface area contributed by atoms with Crippen molar-refractivity contribution in [3.8, 4) is 0 Å². The van der Waals surface area contributed by atoms with Crippen LogP contribution in [0.5, 0.6) is 0 Å². The molecule has 106 valence electrons. The van der Waals surface area contributed by atoms with Crippen LogP contribution in [0.2, 0.25) is 0 Å². The Balaban J connectivity index is 0.000000347. The van der Waals surface area contributed by atoms with Gasteiger partial charge in [-0.15, -0.1) is 0 Å². The van der Waals surface area contributed by atoms with Gasteiger partial charge in [-0.3, -0.25) is 4.79 Å². The van der Waals surface area contributed by atoms with Crippen molar-refractivity contribution in [2.45, 2.75) is 0 Å². The van der Waals surface area contributed by atoms with Gasteiger partial charge in [0.1, 0.15) is 7.05 Å². The van der Waals surface area contributed by atoms with Crippen LogP contribution in [-0.4, -0.2) is 25.0 Å². The fourth-order valence-electron chi connectivity index (χ4n) is 1.41. The predicted octanol–water partition coefficient (Wildman–Crippen LogP) is 0.903. The lowest BCUT2D eigenvalue weighted by Crippen LogP contribution is -2.26. The average molecular weight is 293 g/mol. The van der Waals surface area contributed by atoms with Crippen molar-refractivity contribution in [1.29, 1.82) is 0 Å². The van der Waals surface area contributed by atoms with E-state index in [1.54, 1.807) is 0 Å². The van der Waals surface area contributed by atoms with Crippen LogP contribution in [0.3, 0.4) is 0 Å². The lowest BCUT2D eigenvalue weighted by Gasteiger charge is -1.98. The number of rotatable bonds is 2. The second-order valence-corrected chi connectivity index (χ2v) is 5.56. The zero-order valence-electron chi connectivity index (χ0n) is 11.2. The molecule has 0 unspecified atom stereocenters. The third kappa shape index (κ3) is 6.21. The van der Waals surface area contributed by atoms with Crippen LogP contribution in [0, 0.1) is 0 Å². The smallest absolute Gasteiger partial charge is 0.193 e. The van der Waals surface area contributed by atoms with Crippen molar-refractivity contribution in [3.63, 3.8) is 0 Å². The van der Waals surface area contributed by atoms with Gasteiger partial charge in [0.05, 0.1) is 10.1 Å². The summed E-state index contributed by atoms with van der Waals surface area (Å²) in [6.07, 6.45) is 4.35. The van der Waals surface area contributed by atoms with Gasteiger partial charge in [-0.2, -0.15) is 0 Å². The number of aryl methyl sites for hydroxylation is 1. The highest BCUT2D eigenvalue weighted by atomic mass is 32.2. The first-order valence-electron chi connectivity index (χ1n) is 5.73. The Hall–Kier alpha value is -2.05. The van der Waals surface area contributed by atoms with Crippen LogP contribution in [0.4, 0.5) is 0 Å². The van der Waals surface area contributed by atoms with E-state index in [0.717, 1.165) is 11.1 Å². The third-order valence-corrected chi connectivity index (χ3v) is 2.28. The topological polar surface area (TPSA) is 78.2 Å². The van der Waals surface area contributed by atoms with Gasteiger partial charge in [0.2, 0.25) is 0 Å². The number of hydrogen-bond donors (Lipinski definition) is 0. The number of carbonyl (C=O) groups is 1. The first-order chi connectivity index (χ1) is 9.27. The molecule has 0 spiro atoms. The number of carbonyl (C=O) groups excluding carboxylic acids is 1. The quantitative estimate of drug-likeness (QED) is 0.468. The molecular weight excluding hydrogens is 278 g/mol. The molecule has 1 aromatic heterocycles. The van der Waals surface area contributed by atoms with Gasteiger partial charge in [0, 0.05) is 29.5 Å². The molecule has 1 heterocycles. The minimum Gasteiger partial charge on any atom is -0.748 e. The highest BCUT2D eigenvalue weighted by molar-refractivity contribution is 7.84. The molecule has 0 bridgehead atoms. The maximum absolute atomic E-state index is 11.9. The van der Waals surface area contributed by atoms with E-state index >= 15 is 0 Å². The van der Waals surface area contributed by atoms with Crippen LogP contribution < -0.4 is 4.57 Å². The highest BCUT2D eigenvalue weighted by Crippen LogP contribution is 2.07. The number of hydrogen-bond acceptors (Lipinski definition) is 4. The first kappa shape index (κ1) is 16.0. The maximum atomic E-state index is 11.9. The molecule has 0 saturated heterocycles. The van der Waals surface area contributed by atoms with Gasteiger partial charge in [0.25, 0.3) is 0 Å². The Bertz CT molecular complexity index is 656. The summed E-state index contributed by atoms with van der Waals surface area (Å²) in [5.74, 6) is 0.0659. The molecule has 6 heteroatoms. The second-order valence-electron chi connectivity index (χ2n) is 4.15. The van der Waals surface area contributed by atoms with E-state index in [1.807, 2.05) is 66.5 Å². The number of ketones is 1. The fourth-order valence-corrected chi connectivity index (χ4v) is 1.41. The summed E-state index contributed by atoms with van der Waals surface area (Å²) < 4.78 is 29.1. The Labute approximate surface area is 118 Å². The number of nitrogens with zero attached hydrogens (tertiary/aromatic N) is 1. The van der Waals surface area contributed by atoms with E-state index in [0.29, 0.717) is 6.26 Å². The number of benzene rings is 1. The summed E-state index contributed by atoms with van der Waals surface area (Å²) in [6.45, 7) is 0. The third-order valence-electron chi connectivity index (χ3n) is 2.28. The van der Waals surface area contributed by atoms with Gasteiger partial charge in [-0.05, 0) is 0 Å². The summed E-state index contributed by atoms with van der Waals surface area (Å²) in [5, 5.41) is 0. The lowest BCUT2D eigenvalue weighted by atomic mass is 10.1. The first-order valence-corrected chi connectivity index (χ1v) is 7.55. The van der Waals surface area contributed by atoms with Crippen LogP contribution in [-0.2, 0) is 17.2 Å². The average Bonchev–Trinajstić information content (AvgIpc) is 2.38. The zero-order chi connectivity index (χ0) is 15.2. The molecular formula is C14H15NO4S.